The van der Waals surface area contributed by atoms with Crippen molar-refractivity contribution in [2.75, 3.05) is 0 Å². The quantitative estimate of drug-likeness (QED) is 0.715. The lowest BCUT2D eigenvalue weighted by Gasteiger charge is -2.00. The van der Waals surface area contributed by atoms with Crippen molar-refractivity contribution < 1.29 is 13.6 Å². The van der Waals surface area contributed by atoms with Crippen LogP contribution in [0, 0.1) is 11.6 Å². The molecular formula is C11H6F2OS. The van der Waals surface area contributed by atoms with Gasteiger partial charge in [-0.2, -0.15) is 0 Å². The fraction of sp³-hybridized carbons (Fsp3) is 0. The minimum atomic E-state index is -0.699. The second kappa shape index (κ2) is 3.90. The van der Waals surface area contributed by atoms with E-state index in [1.807, 2.05) is 0 Å². The van der Waals surface area contributed by atoms with Crippen LogP contribution in [0.25, 0.3) is 0 Å². The van der Waals surface area contributed by atoms with Crippen molar-refractivity contribution in [3.05, 3.63) is 57.8 Å². The van der Waals surface area contributed by atoms with E-state index < -0.39 is 17.4 Å². The molecule has 4 heteroatoms. The maximum absolute atomic E-state index is 13.2. The topological polar surface area (TPSA) is 17.1 Å². The molecule has 0 bridgehead atoms. The second-order valence-electron chi connectivity index (χ2n) is 2.93. The van der Waals surface area contributed by atoms with Crippen molar-refractivity contribution in [3.63, 3.8) is 0 Å². The highest BCUT2D eigenvalue weighted by atomic mass is 32.1. The lowest BCUT2D eigenvalue weighted by molar-refractivity contribution is 0.103. The maximum atomic E-state index is 13.2. The first-order valence-electron chi connectivity index (χ1n) is 4.22. The maximum Gasteiger partial charge on any atom is 0.205 e. The van der Waals surface area contributed by atoms with Crippen LogP contribution in [-0.4, -0.2) is 5.78 Å². The Balaban J connectivity index is 2.46. The van der Waals surface area contributed by atoms with Gasteiger partial charge in [-0.1, -0.05) is 6.07 Å². The fourth-order valence-corrected chi connectivity index (χ4v) is 1.89. The zero-order chi connectivity index (χ0) is 10.8. The molecule has 0 aliphatic heterocycles. The Morgan fingerprint density at radius 3 is 2.67 bits per heavy atom. The van der Waals surface area contributed by atoms with Crippen LogP contribution < -0.4 is 0 Å². The molecule has 0 saturated heterocycles. The van der Waals surface area contributed by atoms with Gasteiger partial charge in [-0.15, -0.1) is 11.3 Å². The molecule has 15 heavy (non-hydrogen) atoms. The molecule has 0 fully saturated rings. The third kappa shape index (κ3) is 1.94. The van der Waals surface area contributed by atoms with E-state index in [0.29, 0.717) is 4.88 Å². The average molecular weight is 224 g/mol. The van der Waals surface area contributed by atoms with Crippen LogP contribution in [0.3, 0.4) is 0 Å². The molecule has 0 radical (unpaired) electrons. The number of hydrogen-bond acceptors (Lipinski definition) is 2. The third-order valence-electron chi connectivity index (χ3n) is 1.92. The second-order valence-corrected chi connectivity index (χ2v) is 3.88. The number of benzene rings is 1. The number of hydrogen-bond donors (Lipinski definition) is 0. The van der Waals surface area contributed by atoms with Crippen molar-refractivity contribution in [1.29, 1.82) is 0 Å². The van der Waals surface area contributed by atoms with E-state index in [1.165, 1.54) is 11.3 Å². The molecule has 0 amide bonds. The summed E-state index contributed by atoms with van der Waals surface area (Å²) in [5.74, 6) is -1.80. The van der Waals surface area contributed by atoms with Gasteiger partial charge in [-0.25, -0.2) is 8.78 Å². The van der Waals surface area contributed by atoms with E-state index in [-0.39, 0.29) is 5.56 Å². The van der Waals surface area contributed by atoms with Crippen molar-refractivity contribution in [3.8, 4) is 0 Å². The standard InChI is InChI=1S/C11H6F2OS/c12-7-3-4-9(13)8(6-7)11(14)10-2-1-5-15-10/h1-6H. The van der Waals surface area contributed by atoms with Crippen molar-refractivity contribution >= 4 is 17.1 Å². The molecule has 1 nitrogen and oxygen atoms in total. The zero-order valence-corrected chi connectivity index (χ0v) is 8.35. The predicted molar refractivity (Wildman–Crippen MR) is 54.1 cm³/mol. The first-order valence-corrected chi connectivity index (χ1v) is 5.09. The zero-order valence-electron chi connectivity index (χ0n) is 7.54. The number of rotatable bonds is 2. The Bertz CT molecular complexity index is 491. The number of carbonyl (C=O) groups is 1. The summed E-state index contributed by atoms with van der Waals surface area (Å²) < 4.78 is 26.1. The number of halogens is 2. The molecule has 2 aromatic rings. The van der Waals surface area contributed by atoms with Gasteiger partial charge in [0, 0.05) is 0 Å². The normalized spacial score (nSPS) is 10.3. The summed E-state index contributed by atoms with van der Waals surface area (Å²) in [5.41, 5.74) is -0.225. The highest BCUT2D eigenvalue weighted by Crippen LogP contribution is 2.18. The Morgan fingerprint density at radius 2 is 2.00 bits per heavy atom. The lowest BCUT2D eigenvalue weighted by Crippen LogP contribution is -2.02. The first-order chi connectivity index (χ1) is 7.18. The Hall–Kier alpha value is -1.55. The Morgan fingerprint density at radius 1 is 1.20 bits per heavy atom. The summed E-state index contributed by atoms with van der Waals surface area (Å²) in [6.07, 6.45) is 0. The van der Waals surface area contributed by atoms with Crippen LogP contribution >= 0.6 is 11.3 Å². The number of ketones is 1. The van der Waals surface area contributed by atoms with Gasteiger partial charge in [0.05, 0.1) is 10.4 Å². The van der Waals surface area contributed by atoms with E-state index in [4.69, 9.17) is 0 Å². The Labute approximate surface area is 89.0 Å². The first kappa shape index (κ1) is 9.98. The van der Waals surface area contributed by atoms with Crippen LogP contribution in [0.2, 0.25) is 0 Å². The van der Waals surface area contributed by atoms with Gasteiger partial charge in [-0.05, 0) is 29.6 Å². The van der Waals surface area contributed by atoms with E-state index in [2.05, 4.69) is 0 Å². The highest BCUT2D eigenvalue weighted by Gasteiger charge is 2.15. The molecule has 2 rings (SSSR count). The van der Waals surface area contributed by atoms with E-state index >= 15 is 0 Å². The molecule has 0 saturated carbocycles. The summed E-state index contributed by atoms with van der Waals surface area (Å²) in [6.45, 7) is 0. The van der Waals surface area contributed by atoms with Gasteiger partial charge >= 0.3 is 0 Å². The smallest absolute Gasteiger partial charge is 0.205 e. The summed E-state index contributed by atoms with van der Waals surface area (Å²) in [5, 5.41) is 1.71. The minimum Gasteiger partial charge on any atom is -0.288 e. The van der Waals surface area contributed by atoms with Crippen LogP contribution in [-0.2, 0) is 0 Å². The van der Waals surface area contributed by atoms with Crippen molar-refractivity contribution in [2.24, 2.45) is 0 Å². The largest absolute Gasteiger partial charge is 0.288 e. The summed E-state index contributed by atoms with van der Waals surface area (Å²) in [7, 11) is 0. The van der Waals surface area contributed by atoms with Gasteiger partial charge in [0.2, 0.25) is 5.78 Å². The minimum absolute atomic E-state index is 0.225. The van der Waals surface area contributed by atoms with Gasteiger partial charge in [0.15, 0.2) is 0 Å². The van der Waals surface area contributed by atoms with Crippen molar-refractivity contribution in [1.82, 2.24) is 0 Å². The molecule has 0 N–H and O–H groups in total. The van der Waals surface area contributed by atoms with E-state index in [1.54, 1.807) is 17.5 Å². The predicted octanol–water partition coefficient (Wildman–Crippen LogP) is 3.26. The summed E-state index contributed by atoms with van der Waals surface area (Å²) >= 11 is 1.20. The molecule has 1 heterocycles. The average Bonchev–Trinajstić information content (AvgIpc) is 2.74. The van der Waals surface area contributed by atoms with Crippen molar-refractivity contribution in [2.45, 2.75) is 0 Å². The molecule has 0 aliphatic carbocycles. The van der Waals surface area contributed by atoms with Crippen LogP contribution in [0.1, 0.15) is 15.2 Å². The Kier molecular flexibility index (Phi) is 2.60. The van der Waals surface area contributed by atoms with Gasteiger partial charge in [0.1, 0.15) is 11.6 Å². The fourth-order valence-electron chi connectivity index (χ4n) is 1.21. The van der Waals surface area contributed by atoms with Crippen LogP contribution in [0.15, 0.2) is 35.7 Å². The molecular weight excluding hydrogens is 218 g/mol. The summed E-state index contributed by atoms with van der Waals surface area (Å²) in [4.78, 5) is 12.1. The number of thiophene rings is 1. The molecule has 1 aromatic carbocycles. The lowest BCUT2D eigenvalue weighted by atomic mass is 10.1. The highest BCUT2D eigenvalue weighted by molar-refractivity contribution is 7.12. The molecule has 0 aliphatic rings. The van der Waals surface area contributed by atoms with E-state index in [0.717, 1.165) is 18.2 Å². The summed E-state index contributed by atoms with van der Waals surface area (Å²) in [6, 6.07) is 6.13. The molecule has 1 aromatic heterocycles. The monoisotopic (exact) mass is 224 g/mol. The molecule has 0 atom stereocenters. The molecule has 0 unspecified atom stereocenters. The van der Waals surface area contributed by atoms with Gasteiger partial charge in [-0.3, -0.25) is 4.79 Å². The van der Waals surface area contributed by atoms with Crippen LogP contribution in [0.5, 0.6) is 0 Å². The number of carbonyl (C=O) groups excluding carboxylic acids is 1. The molecule has 0 spiro atoms. The van der Waals surface area contributed by atoms with Gasteiger partial charge < -0.3 is 0 Å². The third-order valence-corrected chi connectivity index (χ3v) is 2.79. The van der Waals surface area contributed by atoms with Gasteiger partial charge in [0.25, 0.3) is 0 Å². The van der Waals surface area contributed by atoms with E-state index in [9.17, 15) is 13.6 Å². The van der Waals surface area contributed by atoms with Crippen LogP contribution in [0.4, 0.5) is 8.78 Å². The molecule has 76 valence electrons. The SMILES string of the molecule is O=C(c1cccs1)c1cc(F)ccc1F.